The van der Waals surface area contributed by atoms with E-state index in [4.69, 9.17) is 11.8 Å². The van der Waals surface area contributed by atoms with E-state index in [9.17, 15) is 0 Å². The summed E-state index contributed by atoms with van der Waals surface area (Å²) in [4.78, 5) is 3.18. The molecular formula is C8H4N2. The summed E-state index contributed by atoms with van der Waals surface area (Å²) in [5.74, 6) is 0. The molecule has 0 unspecified atom stereocenters. The second-order valence-electron chi connectivity index (χ2n) is 1.77. The van der Waals surface area contributed by atoms with Crippen molar-refractivity contribution in [3.05, 3.63) is 41.2 Å². The lowest BCUT2D eigenvalue weighted by molar-refractivity contribution is 1.49. The Balaban J connectivity index is 3.17. The fourth-order valence-electron chi connectivity index (χ4n) is 0.645. The minimum atomic E-state index is 0.513. The van der Waals surface area contributed by atoms with E-state index in [1.54, 1.807) is 24.3 Å². The van der Waals surface area contributed by atoms with E-state index in [1.165, 1.54) is 0 Å². The fourth-order valence-corrected chi connectivity index (χ4v) is 0.645. The van der Waals surface area contributed by atoms with Crippen LogP contribution in [0.15, 0.2) is 24.3 Å². The number of rotatable bonds is 0. The van der Waals surface area contributed by atoms with Crippen molar-refractivity contribution in [2.45, 2.75) is 0 Å². The Morgan fingerprint density at radius 1 is 1.50 bits per heavy atom. The first-order valence-corrected chi connectivity index (χ1v) is 2.74. The van der Waals surface area contributed by atoms with Gasteiger partial charge in [-0.3, -0.25) is 0 Å². The van der Waals surface area contributed by atoms with Crippen molar-refractivity contribution in [3.8, 4) is 6.07 Å². The molecular weight excluding hydrogens is 124 g/mol. The van der Waals surface area contributed by atoms with Crippen molar-refractivity contribution >= 4 is 5.69 Å². The molecule has 46 valence electrons. The van der Waals surface area contributed by atoms with E-state index in [-0.39, 0.29) is 0 Å². The van der Waals surface area contributed by atoms with Gasteiger partial charge in [-0.1, -0.05) is 12.1 Å². The zero-order valence-corrected chi connectivity index (χ0v) is 5.20. The molecule has 0 amide bonds. The predicted molar refractivity (Wildman–Crippen MR) is 37.4 cm³/mol. The molecule has 0 spiro atoms. The third kappa shape index (κ3) is 1.13. The van der Waals surface area contributed by atoms with Crippen LogP contribution in [0.2, 0.25) is 0 Å². The molecule has 0 saturated heterocycles. The van der Waals surface area contributed by atoms with Crippen LogP contribution < -0.4 is 0 Å². The van der Waals surface area contributed by atoms with Crippen LogP contribution in [0.25, 0.3) is 4.85 Å². The van der Waals surface area contributed by atoms with Crippen molar-refractivity contribution < 1.29 is 0 Å². The van der Waals surface area contributed by atoms with Crippen molar-refractivity contribution in [2.24, 2.45) is 0 Å². The molecule has 0 fully saturated rings. The van der Waals surface area contributed by atoms with Gasteiger partial charge >= 0.3 is 0 Å². The lowest BCUT2D eigenvalue weighted by atomic mass is 10.2. The molecule has 0 aliphatic carbocycles. The highest BCUT2D eigenvalue weighted by molar-refractivity contribution is 5.49. The quantitative estimate of drug-likeness (QED) is 0.492. The molecule has 0 saturated carbocycles. The second kappa shape index (κ2) is 2.66. The van der Waals surface area contributed by atoms with Crippen LogP contribution in [0.1, 0.15) is 5.56 Å². The molecule has 1 rings (SSSR count). The van der Waals surface area contributed by atoms with Gasteiger partial charge in [0.05, 0.1) is 12.6 Å². The zero-order valence-electron chi connectivity index (χ0n) is 5.20. The number of hydrogen-bond acceptors (Lipinski definition) is 1. The summed E-state index contributed by atoms with van der Waals surface area (Å²) >= 11 is 0. The van der Waals surface area contributed by atoms with Gasteiger partial charge in [-0.05, 0) is 12.1 Å². The van der Waals surface area contributed by atoms with E-state index in [2.05, 4.69) is 4.85 Å². The van der Waals surface area contributed by atoms with Gasteiger partial charge in [0, 0.05) is 5.56 Å². The highest BCUT2D eigenvalue weighted by Gasteiger charge is 1.90. The smallest absolute Gasteiger partial charge is 0.188 e. The third-order valence-corrected chi connectivity index (χ3v) is 1.10. The summed E-state index contributed by atoms with van der Waals surface area (Å²) in [6, 6.07) is 8.57. The van der Waals surface area contributed by atoms with Gasteiger partial charge in [0.25, 0.3) is 0 Å². The molecule has 1 aromatic rings. The SMILES string of the molecule is [C-]#[N+]c1cccc(C#N)c1. The minimum absolute atomic E-state index is 0.513. The molecule has 0 radical (unpaired) electrons. The molecule has 0 aromatic heterocycles. The lowest BCUT2D eigenvalue weighted by Crippen LogP contribution is -1.68. The monoisotopic (exact) mass is 128 g/mol. The number of benzene rings is 1. The summed E-state index contributed by atoms with van der Waals surface area (Å²) in [7, 11) is 0. The maximum Gasteiger partial charge on any atom is 0.188 e. The Labute approximate surface area is 59.2 Å². The minimum Gasteiger partial charge on any atom is -0.238 e. The summed E-state index contributed by atoms with van der Waals surface area (Å²) in [5, 5.41) is 8.40. The average molecular weight is 128 g/mol. The van der Waals surface area contributed by atoms with Crippen LogP contribution in [-0.2, 0) is 0 Å². The predicted octanol–water partition coefficient (Wildman–Crippen LogP) is 2.11. The van der Waals surface area contributed by atoms with Gasteiger partial charge in [-0.2, -0.15) is 5.26 Å². The maximum atomic E-state index is 8.40. The van der Waals surface area contributed by atoms with Gasteiger partial charge in [0.1, 0.15) is 0 Å². The molecule has 2 nitrogen and oxygen atoms in total. The van der Waals surface area contributed by atoms with E-state index in [0.29, 0.717) is 11.3 Å². The summed E-state index contributed by atoms with van der Waals surface area (Å²) < 4.78 is 0. The van der Waals surface area contributed by atoms with E-state index in [1.807, 2.05) is 6.07 Å². The van der Waals surface area contributed by atoms with Crippen molar-refractivity contribution in [1.29, 1.82) is 5.26 Å². The first-order valence-electron chi connectivity index (χ1n) is 2.74. The van der Waals surface area contributed by atoms with Gasteiger partial charge in [-0.25, -0.2) is 4.85 Å². The topological polar surface area (TPSA) is 28.1 Å². The molecule has 0 heterocycles. The van der Waals surface area contributed by atoms with Crippen molar-refractivity contribution in [2.75, 3.05) is 0 Å². The Kier molecular flexibility index (Phi) is 1.68. The first kappa shape index (κ1) is 6.32. The van der Waals surface area contributed by atoms with E-state index < -0.39 is 0 Å². The van der Waals surface area contributed by atoms with Gasteiger partial charge in [0.15, 0.2) is 5.69 Å². The van der Waals surface area contributed by atoms with Crippen LogP contribution >= 0.6 is 0 Å². The van der Waals surface area contributed by atoms with Crippen molar-refractivity contribution in [1.82, 2.24) is 0 Å². The molecule has 0 atom stereocenters. The number of hydrogen-bond donors (Lipinski definition) is 0. The standard InChI is InChI=1S/C8H4N2/c1-10-8-4-2-3-7(5-8)6-9/h2-5H. The zero-order chi connectivity index (χ0) is 7.40. The summed E-state index contributed by atoms with van der Waals surface area (Å²) in [5.41, 5.74) is 1.05. The highest BCUT2D eigenvalue weighted by atomic mass is 14.6. The summed E-state index contributed by atoms with van der Waals surface area (Å²) in [6.07, 6.45) is 0. The highest BCUT2D eigenvalue weighted by Crippen LogP contribution is 2.12. The van der Waals surface area contributed by atoms with E-state index >= 15 is 0 Å². The fraction of sp³-hybridized carbons (Fsp3) is 0. The van der Waals surface area contributed by atoms with Crippen LogP contribution in [0.3, 0.4) is 0 Å². The van der Waals surface area contributed by atoms with E-state index in [0.717, 1.165) is 0 Å². The Morgan fingerprint density at radius 2 is 2.30 bits per heavy atom. The van der Waals surface area contributed by atoms with Crippen LogP contribution in [0.4, 0.5) is 5.69 Å². The summed E-state index contributed by atoms with van der Waals surface area (Å²) in [6.45, 7) is 6.63. The molecule has 10 heavy (non-hydrogen) atoms. The lowest BCUT2D eigenvalue weighted by Gasteiger charge is -1.86. The van der Waals surface area contributed by atoms with Crippen LogP contribution in [0, 0.1) is 17.9 Å². The van der Waals surface area contributed by atoms with Gasteiger partial charge < -0.3 is 0 Å². The van der Waals surface area contributed by atoms with Gasteiger partial charge in [-0.15, -0.1) is 0 Å². The van der Waals surface area contributed by atoms with Crippen LogP contribution in [0.5, 0.6) is 0 Å². The molecule has 0 aliphatic heterocycles. The second-order valence-corrected chi connectivity index (χ2v) is 1.77. The molecule has 2 heteroatoms. The maximum absolute atomic E-state index is 8.40. The molecule has 0 N–H and O–H groups in total. The Hall–Kier alpha value is -1.80. The van der Waals surface area contributed by atoms with Crippen LogP contribution in [-0.4, -0.2) is 0 Å². The average Bonchev–Trinajstić information content (AvgIpc) is 2.05. The Bertz CT molecular complexity index is 286. The first-order chi connectivity index (χ1) is 4.86. The molecule has 0 aliphatic rings. The normalized spacial score (nSPS) is 7.80. The molecule has 1 aromatic carbocycles. The van der Waals surface area contributed by atoms with Crippen molar-refractivity contribution in [3.63, 3.8) is 0 Å². The number of nitriles is 1. The van der Waals surface area contributed by atoms with Gasteiger partial charge in [0.2, 0.25) is 0 Å². The number of nitrogens with zero attached hydrogens (tertiary/aromatic N) is 2. The molecule has 0 bridgehead atoms. The largest absolute Gasteiger partial charge is 0.238 e. The third-order valence-electron chi connectivity index (χ3n) is 1.10. The Morgan fingerprint density at radius 3 is 2.90 bits per heavy atom.